The minimum absolute atomic E-state index is 0.0610. The molecular weight excluding hydrogens is 364 g/mol. The molecule has 148 valence electrons. The van der Waals surface area contributed by atoms with Crippen molar-refractivity contribution >= 4 is 26.6 Å². The second kappa shape index (κ2) is 7.98. The van der Waals surface area contributed by atoms with Gasteiger partial charge in [0, 0.05) is 36.5 Å². The number of hydrogen-bond donors (Lipinski definition) is 1. The highest BCUT2D eigenvalue weighted by atomic mass is 32.2. The van der Waals surface area contributed by atoms with Gasteiger partial charge in [0.15, 0.2) is 0 Å². The largest absolute Gasteiger partial charge is 0.351 e. The van der Waals surface area contributed by atoms with Gasteiger partial charge in [-0.2, -0.15) is 5.10 Å². The summed E-state index contributed by atoms with van der Waals surface area (Å²) in [7, 11) is -0.935. The van der Waals surface area contributed by atoms with Crippen molar-refractivity contribution in [3.63, 3.8) is 0 Å². The van der Waals surface area contributed by atoms with Crippen LogP contribution in [0, 0.1) is 12.8 Å². The molecule has 1 aromatic carbocycles. The molecule has 1 aromatic heterocycles. The maximum absolute atomic E-state index is 12.4. The number of aryl methyl sites for hydroxylation is 1. The van der Waals surface area contributed by atoms with Gasteiger partial charge in [0.2, 0.25) is 0 Å². The van der Waals surface area contributed by atoms with Gasteiger partial charge in [0.1, 0.15) is 9.84 Å². The number of aromatic nitrogens is 2. The molecule has 0 aliphatic carbocycles. The summed E-state index contributed by atoms with van der Waals surface area (Å²) in [6.45, 7) is 5.18. The van der Waals surface area contributed by atoms with Crippen LogP contribution in [0.5, 0.6) is 0 Å². The maximum atomic E-state index is 12.4. The Morgan fingerprint density at radius 1 is 1.30 bits per heavy atom. The van der Waals surface area contributed by atoms with Crippen molar-refractivity contribution in [1.82, 2.24) is 20.0 Å². The Bertz CT molecular complexity index is 928. The smallest absolute Gasteiger partial charge is 0.251 e. The predicted molar refractivity (Wildman–Crippen MR) is 107 cm³/mol. The normalized spacial score (nSPS) is 16.7. The van der Waals surface area contributed by atoms with Gasteiger partial charge in [-0.1, -0.05) is 0 Å². The molecule has 3 rings (SSSR count). The van der Waals surface area contributed by atoms with E-state index >= 15 is 0 Å². The van der Waals surface area contributed by atoms with Crippen LogP contribution in [0.3, 0.4) is 0 Å². The number of benzene rings is 1. The molecule has 2 heterocycles. The highest BCUT2D eigenvalue weighted by Gasteiger charge is 2.19. The van der Waals surface area contributed by atoms with E-state index in [0.29, 0.717) is 11.5 Å². The summed E-state index contributed by atoms with van der Waals surface area (Å²) >= 11 is 0. The van der Waals surface area contributed by atoms with Gasteiger partial charge >= 0.3 is 0 Å². The summed E-state index contributed by atoms with van der Waals surface area (Å²) in [4.78, 5) is 14.8. The number of amides is 1. The molecule has 0 spiro atoms. The van der Waals surface area contributed by atoms with Gasteiger partial charge in [-0.3, -0.25) is 9.48 Å². The van der Waals surface area contributed by atoms with Crippen LogP contribution in [0.15, 0.2) is 18.3 Å². The first-order valence-corrected chi connectivity index (χ1v) is 11.4. The fraction of sp³-hybridized carbons (Fsp3) is 0.579. The van der Waals surface area contributed by atoms with E-state index in [-0.39, 0.29) is 18.2 Å². The fourth-order valence-corrected chi connectivity index (χ4v) is 4.05. The van der Waals surface area contributed by atoms with E-state index in [9.17, 15) is 13.2 Å². The van der Waals surface area contributed by atoms with Gasteiger partial charge in [0.05, 0.1) is 11.3 Å². The lowest BCUT2D eigenvalue weighted by Gasteiger charge is -2.28. The molecule has 27 heavy (non-hydrogen) atoms. The molecule has 1 saturated heterocycles. The van der Waals surface area contributed by atoms with Crippen LogP contribution in [0.1, 0.15) is 28.8 Å². The zero-order valence-electron chi connectivity index (χ0n) is 16.2. The number of nitrogens with one attached hydrogen (secondary N) is 1. The Morgan fingerprint density at radius 3 is 2.67 bits per heavy atom. The number of fused-ring (bicyclic) bond motifs is 1. The van der Waals surface area contributed by atoms with E-state index in [2.05, 4.69) is 22.4 Å². The molecule has 1 aliphatic rings. The van der Waals surface area contributed by atoms with Crippen molar-refractivity contribution in [2.24, 2.45) is 5.92 Å². The molecule has 0 saturated carbocycles. The summed E-state index contributed by atoms with van der Waals surface area (Å²) in [6, 6.07) is 3.62. The summed E-state index contributed by atoms with van der Waals surface area (Å²) in [6.07, 6.45) is 5.55. The zero-order chi connectivity index (χ0) is 19.6. The molecule has 0 atom stereocenters. The minimum Gasteiger partial charge on any atom is -0.351 e. The first kappa shape index (κ1) is 19.8. The first-order valence-electron chi connectivity index (χ1n) is 9.34. The second-order valence-electron chi connectivity index (χ2n) is 7.65. The van der Waals surface area contributed by atoms with Crippen LogP contribution in [0.4, 0.5) is 0 Å². The van der Waals surface area contributed by atoms with Crippen LogP contribution in [0.25, 0.3) is 10.9 Å². The molecular formula is C19H28N4O3S. The fourth-order valence-electron chi connectivity index (χ4n) is 3.57. The van der Waals surface area contributed by atoms with Crippen LogP contribution in [-0.2, 0) is 16.4 Å². The van der Waals surface area contributed by atoms with Crippen molar-refractivity contribution in [3.8, 4) is 0 Å². The van der Waals surface area contributed by atoms with Crippen molar-refractivity contribution in [2.75, 3.05) is 38.7 Å². The zero-order valence-corrected chi connectivity index (χ0v) is 17.1. The van der Waals surface area contributed by atoms with Crippen LogP contribution in [-0.4, -0.2) is 67.7 Å². The summed E-state index contributed by atoms with van der Waals surface area (Å²) in [5.41, 5.74) is 2.32. The van der Waals surface area contributed by atoms with E-state index in [1.54, 1.807) is 6.07 Å². The quantitative estimate of drug-likeness (QED) is 0.805. The number of sulfone groups is 1. The van der Waals surface area contributed by atoms with E-state index in [1.165, 1.54) is 12.8 Å². The Kier molecular flexibility index (Phi) is 5.86. The maximum Gasteiger partial charge on any atom is 0.251 e. The Morgan fingerprint density at radius 2 is 2.00 bits per heavy atom. The van der Waals surface area contributed by atoms with Gasteiger partial charge in [-0.15, -0.1) is 0 Å². The summed E-state index contributed by atoms with van der Waals surface area (Å²) in [5.74, 6) is 0.324. The monoisotopic (exact) mass is 392 g/mol. The van der Waals surface area contributed by atoms with Gasteiger partial charge in [-0.05, 0) is 63.5 Å². The molecule has 0 radical (unpaired) electrons. The van der Waals surface area contributed by atoms with Crippen molar-refractivity contribution in [3.05, 3.63) is 29.5 Å². The Balaban J connectivity index is 1.71. The van der Waals surface area contributed by atoms with E-state index in [1.807, 2.05) is 23.9 Å². The number of rotatable bonds is 6. The molecule has 2 aromatic rings. The van der Waals surface area contributed by atoms with Crippen molar-refractivity contribution in [1.29, 1.82) is 0 Å². The van der Waals surface area contributed by atoms with Crippen molar-refractivity contribution in [2.45, 2.75) is 26.3 Å². The van der Waals surface area contributed by atoms with Gasteiger partial charge < -0.3 is 10.2 Å². The lowest BCUT2D eigenvalue weighted by atomic mass is 9.97. The van der Waals surface area contributed by atoms with Gasteiger partial charge in [0.25, 0.3) is 5.91 Å². The topological polar surface area (TPSA) is 84.3 Å². The molecule has 1 fully saturated rings. The Hall–Kier alpha value is -1.93. The number of hydrogen-bond acceptors (Lipinski definition) is 5. The minimum atomic E-state index is -3.09. The highest BCUT2D eigenvalue weighted by molar-refractivity contribution is 7.90. The molecule has 1 N–H and O–H groups in total. The number of likely N-dealkylation sites (tertiary alicyclic amines) is 1. The molecule has 7 nitrogen and oxygen atoms in total. The number of nitrogens with zero attached hydrogens (tertiary/aromatic N) is 3. The number of piperidine rings is 1. The summed E-state index contributed by atoms with van der Waals surface area (Å²) < 4.78 is 24.4. The van der Waals surface area contributed by atoms with E-state index < -0.39 is 9.84 Å². The molecule has 0 bridgehead atoms. The average Bonchev–Trinajstić information content (AvgIpc) is 2.99. The molecule has 8 heteroatoms. The first-order chi connectivity index (χ1) is 12.7. The Labute approximate surface area is 160 Å². The second-order valence-corrected chi connectivity index (χ2v) is 9.91. The molecule has 1 aliphatic heterocycles. The standard InChI is InChI=1S/C19H28N4O3S/c1-14-16(19(24)20-8-11-27(3,25)26)4-5-18-17(14)13-23(21-18)12-15-6-9-22(2)10-7-15/h4-5,13,15H,6-12H2,1-3H3,(H,20,24). The number of carbonyl (C=O) groups excluding carboxylic acids is 1. The van der Waals surface area contributed by atoms with Crippen LogP contribution in [0.2, 0.25) is 0 Å². The lowest BCUT2D eigenvalue weighted by molar-refractivity contribution is 0.0955. The van der Waals surface area contributed by atoms with Crippen LogP contribution >= 0.6 is 0 Å². The number of carbonyl (C=O) groups is 1. The third-order valence-electron chi connectivity index (χ3n) is 5.29. The third-order valence-corrected chi connectivity index (χ3v) is 6.24. The van der Waals surface area contributed by atoms with E-state index in [4.69, 9.17) is 0 Å². The summed E-state index contributed by atoms with van der Waals surface area (Å²) in [5, 5.41) is 8.33. The SMILES string of the molecule is Cc1c(C(=O)NCCS(C)(=O)=O)ccc2nn(CC3CCN(C)CC3)cc12. The van der Waals surface area contributed by atoms with E-state index in [0.717, 1.165) is 42.4 Å². The molecule has 0 unspecified atom stereocenters. The highest BCUT2D eigenvalue weighted by Crippen LogP contribution is 2.23. The lowest BCUT2D eigenvalue weighted by Crippen LogP contribution is -2.31. The third kappa shape index (κ3) is 5.07. The van der Waals surface area contributed by atoms with Crippen molar-refractivity contribution < 1.29 is 13.2 Å². The molecule has 1 amide bonds. The predicted octanol–water partition coefficient (Wildman–Crippen LogP) is 1.46. The average molecular weight is 393 g/mol. The van der Waals surface area contributed by atoms with Gasteiger partial charge in [-0.25, -0.2) is 8.42 Å². The van der Waals surface area contributed by atoms with Crippen LogP contribution < -0.4 is 5.32 Å².